The van der Waals surface area contributed by atoms with Gasteiger partial charge in [-0.25, -0.2) is 24.9 Å². The third-order valence-electron chi connectivity index (χ3n) is 4.80. The summed E-state index contributed by atoms with van der Waals surface area (Å²) in [5.41, 5.74) is 1.54. The Morgan fingerprint density at radius 3 is 2.84 bits per heavy atom. The average Bonchev–Trinajstić information content (AvgIpc) is 3.24. The van der Waals surface area contributed by atoms with Gasteiger partial charge in [-0.2, -0.15) is 4.39 Å². The number of hydrogen-bond donors (Lipinski definition) is 2. The Labute approximate surface area is 179 Å². The molecule has 0 unspecified atom stereocenters. The topological polar surface area (TPSA) is 114 Å². The third-order valence-corrected chi connectivity index (χ3v) is 5.12. The van der Waals surface area contributed by atoms with Crippen LogP contribution in [0.1, 0.15) is 18.8 Å². The van der Waals surface area contributed by atoms with Gasteiger partial charge in [0.1, 0.15) is 17.7 Å². The molecule has 4 aromatic heterocycles. The maximum absolute atomic E-state index is 13.4. The first kappa shape index (κ1) is 19.1. The van der Waals surface area contributed by atoms with Gasteiger partial charge < -0.3 is 10.3 Å². The van der Waals surface area contributed by atoms with Crippen LogP contribution in [0, 0.1) is 5.95 Å². The molecule has 0 spiro atoms. The number of nitrogens with one attached hydrogen (secondary N) is 2. The molecule has 1 atom stereocenters. The standard InChI is InChI=1S/C20H14ClFN8O/c1-10(28-18-16-17(25-8-24-16)26-9-27-18)19-29-13-4-2-3-12(21)15(13)20(31)30(19)11-5-6-14(22)23-7-11/h2-10H,1H3,(H2,24,25,26,27,28)/t10-/m0/s1. The van der Waals surface area contributed by atoms with Crippen molar-refractivity contribution < 1.29 is 4.39 Å². The van der Waals surface area contributed by atoms with Crippen LogP contribution >= 0.6 is 11.6 Å². The summed E-state index contributed by atoms with van der Waals surface area (Å²) in [6, 6.07) is 7.20. The summed E-state index contributed by atoms with van der Waals surface area (Å²) in [4.78, 5) is 37.3. The van der Waals surface area contributed by atoms with E-state index in [0.29, 0.717) is 34.0 Å². The Bertz CT molecular complexity index is 1480. The lowest BCUT2D eigenvalue weighted by atomic mass is 10.2. The van der Waals surface area contributed by atoms with Crippen LogP contribution in [-0.4, -0.2) is 34.5 Å². The predicted octanol–water partition coefficient (Wildman–Crippen LogP) is 3.41. The smallest absolute Gasteiger partial charge is 0.267 e. The van der Waals surface area contributed by atoms with Gasteiger partial charge in [-0.3, -0.25) is 9.36 Å². The Kier molecular flexibility index (Phi) is 4.55. The highest BCUT2D eigenvalue weighted by atomic mass is 35.5. The first-order valence-electron chi connectivity index (χ1n) is 9.26. The molecular weight excluding hydrogens is 423 g/mol. The van der Waals surface area contributed by atoms with Gasteiger partial charge in [0.2, 0.25) is 5.95 Å². The molecule has 0 bridgehead atoms. The van der Waals surface area contributed by atoms with E-state index in [4.69, 9.17) is 11.6 Å². The lowest BCUT2D eigenvalue weighted by Gasteiger charge is -2.20. The highest BCUT2D eigenvalue weighted by Crippen LogP contribution is 2.25. The van der Waals surface area contributed by atoms with Crippen molar-refractivity contribution in [2.24, 2.45) is 0 Å². The molecule has 0 saturated heterocycles. The van der Waals surface area contributed by atoms with Crippen LogP contribution in [0.2, 0.25) is 5.02 Å². The summed E-state index contributed by atoms with van der Waals surface area (Å²) < 4.78 is 14.8. The van der Waals surface area contributed by atoms with E-state index in [-0.39, 0.29) is 16.0 Å². The molecule has 4 heterocycles. The zero-order valence-corrected chi connectivity index (χ0v) is 16.8. The van der Waals surface area contributed by atoms with Crippen LogP contribution in [0.5, 0.6) is 0 Å². The first-order chi connectivity index (χ1) is 15.0. The van der Waals surface area contributed by atoms with Gasteiger partial charge in [-0.15, -0.1) is 0 Å². The molecule has 0 amide bonds. The summed E-state index contributed by atoms with van der Waals surface area (Å²) in [5, 5.41) is 3.77. The van der Waals surface area contributed by atoms with Crippen molar-refractivity contribution in [1.29, 1.82) is 0 Å². The number of halogens is 2. The van der Waals surface area contributed by atoms with Crippen molar-refractivity contribution in [2.45, 2.75) is 13.0 Å². The number of imidazole rings is 1. The Morgan fingerprint density at radius 2 is 2.03 bits per heavy atom. The second-order valence-electron chi connectivity index (χ2n) is 6.77. The molecular formula is C20H14ClFN8O. The molecule has 1 aromatic carbocycles. The zero-order valence-electron chi connectivity index (χ0n) is 16.0. The molecule has 11 heteroatoms. The van der Waals surface area contributed by atoms with E-state index < -0.39 is 12.0 Å². The fraction of sp³-hybridized carbons (Fsp3) is 0.100. The van der Waals surface area contributed by atoms with Gasteiger partial charge in [0.25, 0.3) is 5.56 Å². The van der Waals surface area contributed by atoms with Crippen LogP contribution < -0.4 is 10.9 Å². The lowest BCUT2D eigenvalue weighted by Crippen LogP contribution is -2.27. The van der Waals surface area contributed by atoms with Crippen molar-refractivity contribution in [3.63, 3.8) is 0 Å². The van der Waals surface area contributed by atoms with Gasteiger partial charge >= 0.3 is 0 Å². The van der Waals surface area contributed by atoms with Gasteiger partial charge in [-0.1, -0.05) is 17.7 Å². The highest BCUT2D eigenvalue weighted by Gasteiger charge is 2.21. The summed E-state index contributed by atoms with van der Waals surface area (Å²) >= 11 is 6.29. The fourth-order valence-corrected chi connectivity index (χ4v) is 3.64. The van der Waals surface area contributed by atoms with Gasteiger partial charge in [0, 0.05) is 0 Å². The van der Waals surface area contributed by atoms with E-state index in [9.17, 15) is 9.18 Å². The second kappa shape index (κ2) is 7.40. The maximum atomic E-state index is 13.4. The van der Waals surface area contributed by atoms with Crippen molar-refractivity contribution >= 4 is 39.5 Å². The average molecular weight is 437 g/mol. The molecule has 0 fully saturated rings. The molecule has 9 nitrogen and oxygen atoms in total. The van der Waals surface area contributed by atoms with E-state index in [1.807, 2.05) is 6.92 Å². The Balaban J connectivity index is 1.71. The van der Waals surface area contributed by atoms with Crippen molar-refractivity contribution in [3.05, 3.63) is 76.3 Å². The molecule has 5 rings (SSSR count). The minimum absolute atomic E-state index is 0.265. The number of benzene rings is 1. The van der Waals surface area contributed by atoms with Crippen LogP contribution in [-0.2, 0) is 0 Å². The van der Waals surface area contributed by atoms with E-state index in [1.165, 1.54) is 35.6 Å². The van der Waals surface area contributed by atoms with E-state index in [1.54, 1.807) is 18.2 Å². The predicted molar refractivity (Wildman–Crippen MR) is 114 cm³/mol. The number of rotatable bonds is 4. The van der Waals surface area contributed by atoms with Crippen molar-refractivity contribution in [3.8, 4) is 5.69 Å². The molecule has 31 heavy (non-hydrogen) atoms. The zero-order chi connectivity index (χ0) is 21.5. The number of nitrogens with zero attached hydrogens (tertiary/aromatic N) is 6. The monoisotopic (exact) mass is 436 g/mol. The first-order valence-corrected chi connectivity index (χ1v) is 9.64. The minimum Gasteiger partial charge on any atom is -0.358 e. The minimum atomic E-state index is -0.654. The van der Waals surface area contributed by atoms with Crippen LogP contribution in [0.25, 0.3) is 27.8 Å². The van der Waals surface area contributed by atoms with Crippen LogP contribution in [0.3, 0.4) is 0 Å². The molecule has 0 aliphatic carbocycles. The van der Waals surface area contributed by atoms with Gasteiger partial charge in [0.15, 0.2) is 11.5 Å². The number of H-pyrrole nitrogens is 1. The summed E-state index contributed by atoms with van der Waals surface area (Å²) in [5.74, 6) is 0.191. The third kappa shape index (κ3) is 3.26. The Hall–Kier alpha value is -3.92. The normalized spacial score (nSPS) is 12.4. The van der Waals surface area contributed by atoms with E-state index in [2.05, 4.69) is 35.2 Å². The SMILES string of the molecule is C[C@H](Nc1ncnc2[nH]cnc12)c1nc2cccc(Cl)c2c(=O)n1-c1ccc(F)nc1. The molecule has 0 saturated carbocycles. The number of fused-ring (bicyclic) bond motifs is 2. The molecule has 0 aliphatic heterocycles. The number of pyridine rings is 1. The molecule has 0 radical (unpaired) electrons. The van der Waals surface area contributed by atoms with Crippen molar-refractivity contribution in [2.75, 3.05) is 5.32 Å². The number of aromatic amines is 1. The highest BCUT2D eigenvalue weighted by molar-refractivity contribution is 6.35. The van der Waals surface area contributed by atoms with Crippen LogP contribution in [0.15, 0.2) is 54.0 Å². The largest absolute Gasteiger partial charge is 0.358 e. The quantitative estimate of drug-likeness (QED) is 0.415. The van der Waals surface area contributed by atoms with Crippen molar-refractivity contribution in [1.82, 2.24) is 34.5 Å². The summed E-state index contributed by atoms with van der Waals surface area (Å²) in [7, 11) is 0. The lowest BCUT2D eigenvalue weighted by molar-refractivity contribution is 0.582. The summed E-state index contributed by atoms with van der Waals surface area (Å²) in [6.07, 6.45) is 4.19. The number of anilines is 1. The van der Waals surface area contributed by atoms with Crippen LogP contribution in [0.4, 0.5) is 10.2 Å². The number of aromatic nitrogens is 7. The van der Waals surface area contributed by atoms with E-state index >= 15 is 0 Å². The summed E-state index contributed by atoms with van der Waals surface area (Å²) in [6.45, 7) is 1.83. The maximum Gasteiger partial charge on any atom is 0.267 e. The molecule has 5 aromatic rings. The molecule has 2 N–H and O–H groups in total. The molecule has 0 aliphatic rings. The van der Waals surface area contributed by atoms with E-state index in [0.717, 1.165) is 0 Å². The fourth-order valence-electron chi connectivity index (χ4n) is 3.39. The second-order valence-corrected chi connectivity index (χ2v) is 7.18. The Morgan fingerprint density at radius 1 is 1.16 bits per heavy atom. The number of hydrogen-bond acceptors (Lipinski definition) is 7. The van der Waals surface area contributed by atoms with Gasteiger partial charge in [-0.05, 0) is 31.2 Å². The molecule has 154 valence electrons. The van der Waals surface area contributed by atoms with Gasteiger partial charge in [0.05, 0.1) is 40.2 Å².